The van der Waals surface area contributed by atoms with Gasteiger partial charge >= 0.3 is 0 Å². The summed E-state index contributed by atoms with van der Waals surface area (Å²) in [6.45, 7) is 0.0496. The summed E-state index contributed by atoms with van der Waals surface area (Å²) in [5.41, 5.74) is 10.3. The van der Waals surface area contributed by atoms with Crippen LogP contribution in [0, 0.1) is 0 Å². The van der Waals surface area contributed by atoms with Gasteiger partial charge in [-0.3, -0.25) is 0 Å². The second kappa shape index (κ2) is 11.2. The van der Waals surface area contributed by atoms with Crippen LogP contribution in [0.15, 0.2) is 188 Å². The molecule has 0 unspecified atom stereocenters. The fourth-order valence-electron chi connectivity index (χ4n) is 11.6. The first kappa shape index (κ1) is 31.6. The van der Waals surface area contributed by atoms with Gasteiger partial charge in [-0.05, 0) is 113 Å². The zero-order valence-electron chi connectivity index (χ0n) is 32.3. The van der Waals surface area contributed by atoms with Gasteiger partial charge in [-0.15, -0.1) is 11.3 Å². The van der Waals surface area contributed by atoms with Crippen LogP contribution in [-0.2, 0) is 0 Å². The summed E-state index contributed by atoms with van der Waals surface area (Å²) in [7, 11) is 0. The molecule has 11 aromatic carbocycles. The van der Waals surface area contributed by atoms with Crippen molar-refractivity contribution in [2.24, 2.45) is 0 Å². The SMILES string of the molecule is c1ccc(N2c3cccc4c3B(c3sc5ccccc5c32)c2cc3c5ccccc5c5ccccc5c3c3c5cc6c7ccccc7c7ccccc7c6cc5n-4c23)cc1. The van der Waals surface area contributed by atoms with E-state index < -0.39 is 0 Å². The average Bonchev–Trinajstić information content (AvgIpc) is 3.86. The van der Waals surface area contributed by atoms with Gasteiger partial charge in [0.1, 0.15) is 0 Å². The molecule has 2 aliphatic heterocycles. The Morgan fingerprint density at radius 1 is 0.383 bits per heavy atom. The lowest BCUT2D eigenvalue weighted by atomic mass is 9.36. The Balaban J connectivity index is 1.23. The van der Waals surface area contributed by atoms with Gasteiger partial charge in [0.2, 0.25) is 0 Å². The van der Waals surface area contributed by atoms with Gasteiger partial charge < -0.3 is 9.47 Å². The fourth-order valence-corrected chi connectivity index (χ4v) is 12.9. The highest BCUT2D eigenvalue weighted by Crippen LogP contribution is 2.49. The Hall–Kier alpha value is -7.40. The summed E-state index contributed by atoms with van der Waals surface area (Å²) in [4.78, 5) is 2.55. The minimum Gasteiger partial charge on any atom is -0.310 e. The molecule has 0 atom stereocenters. The molecule has 0 N–H and O–H groups in total. The van der Waals surface area contributed by atoms with Crippen LogP contribution in [0.2, 0.25) is 0 Å². The number of nitrogens with zero attached hydrogens (tertiary/aromatic N) is 2. The predicted molar refractivity (Wildman–Crippen MR) is 261 cm³/mol. The van der Waals surface area contributed by atoms with E-state index in [1.54, 1.807) is 0 Å². The third-order valence-corrected chi connectivity index (χ3v) is 15.1. The largest absolute Gasteiger partial charge is 0.310 e. The molecule has 0 saturated heterocycles. The molecule has 0 saturated carbocycles. The maximum absolute atomic E-state index is 2.66. The van der Waals surface area contributed by atoms with E-state index >= 15 is 0 Å². The van der Waals surface area contributed by atoms with Crippen LogP contribution >= 0.6 is 11.3 Å². The van der Waals surface area contributed by atoms with Gasteiger partial charge in [-0.1, -0.05) is 146 Å². The molecular formula is C56H31BN2S. The number of hydrogen-bond donors (Lipinski definition) is 0. The maximum Gasteiger partial charge on any atom is 0.264 e. The molecular weight excluding hydrogens is 744 g/mol. The first-order valence-corrected chi connectivity index (χ1v) is 21.7. The van der Waals surface area contributed by atoms with E-state index in [0.717, 1.165) is 0 Å². The lowest BCUT2D eigenvalue weighted by Gasteiger charge is -2.39. The number of anilines is 3. The maximum atomic E-state index is 2.66. The molecule has 4 heterocycles. The van der Waals surface area contributed by atoms with E-state index in [2.05, 4.69) is 198 Å². The Kier molecular flexibility index (Phi) is 5.90. The first-order valence-electron chi connectivity index (χ1n) is 20.9. The van der Waals surface area contributed by atoms with Gasteiger partial charge in [0.05, 0.1) is 16.7 Å². The number of para-hydroxylation sites is 1. The molecule has 274 valence electrons. The average molecular weight is 775 g/mol. The lowest BCUT2D eigenvalue weighted by molar-refractivity contribution is 1.18. The van der Waals surface area contributed by atoms with Gasteiger partial charge in [0, 0.05) is 48.1 Å². The highest BCUT2D eigenvalue weighted by atomic mass is 32.1. The zero-order chi connectivity index (χ0) is 38.8. The minimum atomic E-state index is 0.0496. The molecule has 2 aliphatic rings. The van der Waals surface area contributed by atoms with Crippen molar-refractivity contribution < 1.29 is 0 Å². The zero-order valence-corrected chi connectivity index (χ0v) is 33.1. The van der Waals surface area contributed by atoms with E-state index in [1.807, 2.05) is 11.3 Å². The fraction of sp³-hybridized carbons (Fsp3) is 0. The first-order chi connectivity index (χ1) is 29.8. The molecule has 2 aromatic heterocycles. The van der Waals surface area contributed by atoms with Crippen molar-refractivity contribution >= 4 is 147 Å². The molecule has 60 heavy (non-hydrogen) atoms. The number of fused-ring (bicyclic) bond motifs is 22. The molecule has 0 fully saturated rings. The van der Waals surface area contributed by atoms with E-state index in [1.165, 1.54) is 135 Å². The van der Waals surface area contributed by atoms with Crippen LogP contribution in [0.3, 0.4) is 0 Å². The second-order valence-electron chi connectivity index (χ2n) is 16.7. The Labute approximate surface area is 348 Å². The Morgan fingerprint density at radius 3 is 1.60 bits per heavy atom. The quantitative estimate of drug-likeness (QED) is 0.119. The van der Waals surface area contributed by atoms with Crippen LogP contribution in [-0.4, -0.2) is 11.3 Å². The standard InChI is InChI=1S/C56H31BN2S/c1-2-15-32(16-3-1)58-47-26-14-27-48-53(47)57(56-54(58)41-25-12-13-28-50(41)60-56)46-30-44-39-23-9-6-19-35(39)36-20-10-11-24-40(36)51(44)52-45-29-42-37-21-7-4-17-33(37)34-18-5-8-22-38(34)43(42)31-49(45)59(48)55(46)52/h1-31H. The van der Waals surface area contributed by atoms with Crippen molar-refractivity contribution in [1.82, 2.24) is 4.57 Å². The van der Waals surface area contributed by atoms with Crippen LogP contribution in [0.5, 0.6) is 0 Å². The second-order valence-corrected chi connectivity index (χ2v) is 17.8. The van der Waals surface area contributed by atoms with Crippen molar-refractivity contribution in [3.8, 4) is 5.69 Å². The third-order valence-electron chi connectivity index (χ3n) is 13.9. The normalized spacial score (nSPS) is 13.3. The summed E-state index contributed by atoms with van der Waals surface area (Å²) in [5, 5.41) is 19.6. The Morgan fingerprint density at radius 2 is 0.917 bits per heavy atom. The molecule has 2 nitrogen and oxygen atoms in total. The van der Waals surface area contributed by atoms with Gasteiger partial charge in [0.15, 0.2) is 0 Å². The van der Waals surface area contributed by atoms with Crippen molar-refractivity contribution in [2.45, 2.75) is 0 Å². The number of hydrogen-bond acceptors (Lipinski definition) is 2. The summed E-state index contributed by atoms with van der Waals surface area (Å²) < 4.78 is 5.38. The minimum absolute atomic E-state index is 0.0496. The van der Waals surface area contributed by atoms with Crippen LogP contribution in [0.1, 0.15) is 0 Å². The van der Waals surface area contributed by atoms with Crippen molar-refractivity contribution in [3.63, 3.8) is 0 Å². The van der Waals surface area contributed by atoms with E-state index in [4.69, 9.17) is 0 Å². The number of benzene rings is 11. The third kappa shape index (κ3) is 3.78. The molecule has 13 aromatic rings. The monoisotopic (exact) mass is 774 g/mol. The summed E-state index contributed by atoms with van der Waals surface area (Å²) in [6, 6.07) is 70.9. The smallest absolute Gasteiger partial charge is 0.264 e. The topological polar surface area (TPSA) is 8.17 Å². The van der Waals surface area contributed by atoms with Crippen LogP contribution < -0.4 is 20.6 Å². The van der Waals surface area contributed by atoms with Crippen molar-refractivity contribution in [3.05, 3.63) is 188 Å². The van der Waals surface area contributed by atoms with Gasteiger partial charge in [-0.25, -0.2) is 0 Å². The molecule has 0 bridgehead atoms. The van der Waals surface area contributed by atoms with E-state index in [-0.39, 0.29) is 6.71 Å². The summed E-state index contributed by atoms with van der Waals surface area (Å²) in [6.07, 6.45) is 0. The molecule has 0 radical (unpaired) electrons. The Bertz CT molecular complexity index is 4080. The number of aromatic nitrogens is 1. The van der Waals surface area contributed by atoms with Gasteiger partial charge in [0.25, 0.3) is 6.71 Å². The van der Waals surface area contributed by atoms with Gasteiger partial charge in [-0.2, -0.15) is 0 Å². The highest BCUT2D eigenvalue weighted by molar-refractivity contribution is 7.33. The molecule has 4 heteroatoms. The van der Waals surface area contributed by atoms with Crippen molar-refractivity contribution in [2.75, 3.05) is 4.90 Å². The summed E-state index contributed by atoms with van der Waals surface area (Å²) in [5.74, 6) is 0. The number of thiophene rings is 1. The highest BCUT2D eigenvalue weighted by Gasteiger charge is 2.44. The number of rotatable bonds is 1. The molecule has 0 spiro atoms. The molecule has 0 aliphatic carbocycles. The summed E-state index contributed by atoms with van der Waals surface area (Å²) >= 11 is 1.97. The van der Waals surface area contributed by atoms with Crippen LogP contribution in [0.25, 0.3) is 102 Å². The van der Waals surface area contributed by atoms with Crippen molar-refractivity contribution in [1.29, 1.82) is 0 Å². The van der Waals surface area contributed by atoms with Crippen LogP contribution in [0.4, 0.5) is 17.1 Å². The molecule has 0 amide bonds. The van der Waals surface area contributed by atoms with E-state index in [0.29, 0.717) is 0 Å². The lowest BCUT2D eigenvalue weighted by Crippen LogP contribution is -2.59. The molecule has 15 rings (SSSR count). The predicted octanol–water partition coefficient (Wildman–Crippen LogP) is 13.5. The van der Waals surface area contributed by atoms with E-state index in [9.17, 15) is 0 Å².